The highest BCUT2D eigenvalue weighted by atomic mass is 16.5. The molecule has 2 rings (SSSR count). The topological polar surface area (TPSA) is 61.8 Å². The number of hydrogen-bond acceptors (Lipinski definition) is 5. The number of hydrogen-bond donors (Lipinski definition) is 0. The predicted molar refractivity (Wildman–Crippen MR) is 53.5 cm³/mol. The third-order valence-electron chi connectivity index (χ3n) is 2.39. The van der Waals surface area contributed by atoms with E-state index in [-0.39, 0.29) is 6.61 Å². The quantitative estimate of drug-likeness (QED) is 0.702. The normalized spacial score (nSPS) is 13.0. The van der Waals surface area contributed by atoms with Gasteiger partial charge in [0, 0.05) is 5.56 Å². The van der Waals surface area contributed by atoms with Crippen LogP contribution >= 0.6 is 0 Å². The lowest BCUT2D eigenvalue weighted by Crippen LogP contribution is -2.05. The van der Waals surface area contributed by atoms with Crippen molar-refractivity contribution in [3.8, 4) is 5.75 Å². The Bertz CT molecular complexity index is 464. The van der Waals surface area contributed by atoms with E-state index in [0.717, 1.165) is 0 Å². The first kappa shape index (κ1) is 10.5. The summed E-state index contributed by atoms with van der Waals surface area (Å²) in [4.78, 5) is 22.7. The maximum Gasteiger partial charge on any atom is 0.342 e. The minimum absolute atomic E-state index is 0.162. The molecule has 1 aliphatic heterocycles. The van der Waals surface area contributed by atoms with E-state index in [4.69, 9.17) is 9.47 Å². The van der Waals surface area contributed by atoms with Crippen molar-refractivity contribution >= 4 is 11.9 Å². The van der Waals surface area contributed by atoms with Gasteiger partial charge < -0.3 is 14.2 Å². The zero-order chi connectivity index (χ0) is 11.7. The van der Waals surface area contributed by atoms with Gasteiger partial charge >= 0.3 is 11.9 Å². The lowest BCUT2D eigenvalue weighted by Gasteiger charge is -2.06. The molecule has 0 fully saturated rings. The zero-order valence-corrected chi connectivity index (χ0v) is 8.90. The van der Waals surface area contributed by atoms with E-state index in [9.17, 15) is 9.59 Å². The number of rotatable bonds is 2. The number of fused-ring (bicyclic) bond motifs is 1. The van der Waals surface area contributed by atoms with E-state index >= 15 is 0 Å². The van der Waals surface area contributed by atoms with Crippen molar-refractivity contribution < 1.29 is 23.8 Å². The first-order valence-electron chi connectivity index (χ1n) is 4.63. The van der Waals surface area contributed by atoms with E-state index in [1.807, 2.05) is 0 Å². The van der Waals surface area contributed by atoms with E-state index in [1.54, 1.807) is 6.07 Å². The highest BCUT2D eigenvalue weighted by Gasteiger charge is 2.27. The van der Waals surface area contributed by atoms with Gasteiger partial charge in [-0.15, -0.1) is 0 Å². The van der Waals surface area contributed by atoms with Gasteiger partial charge in [-0.3, -0.25) is 0 Å². The Hall–Kier alpha value is -2.04. The van der Waals surface area contributed by atoms with Crippen LogP contribution in [0.5, 0.6) is 5.75 Å². The summed E-state index contributed by atoms with van der Waals surface area (Å²) in [5.41, 5.74) is 1.37. The fourth-order valence-electron chi connectivity index (χ4n) is 1.63. The van der Waals surface area contributed by atoms with E-state index < -0.39 is 11.9 Å². The molecule has 0 radical (unpaired) electrons. The van der Waals surface area contributed by atoms with Crippen LogP contribution in [-0.2, 0) is 16.1 Å². The van der Waals surface area contributed by atoms with Crippen LogP contribution in [0.4, 0.5) is 0 Å². The van der Waals surface area contributed by atoms with Crippen molar-refractivity contribution in [2.45, 2.75) is 6.61 Å². The standard InChI is InChI=1S/C11H10O5/c1-14-8-4-6(10(12)15-2)3-7-5-16-11(13)9(7)8/h3-4H,5H2,1-2H3. The predicted octanol–water partition coefficient (Wildman–Crippen LogP) is 1.15. The Morgan fingerprint density at radius 2 is 2.12 bits per heavy atom. The Labute approximate surface area is 91.9 Å². The van der Waals surface area contributed by atoms with Crippen LogP contribution in [0.25, 0.3) is 0 Å². The van der Waals surface area contributed by atoms with E-state index in [1.165, 1.54) is 20.3 Å². The van der Waals surface area contributed by atoms with Gasteiger partial charge in [-0.25, -0.2) is 9.59 Å². The minimum atomic E-state index is -0.472. The molecule has 0 spiro atoms. The fourth-order valence-corrected chi connectivity index (χ4v) is 1.63. The van der Waals surface area contributed by atoms with Gasteiger partial charge in [0.2, 0.25) is 0 Å². The van der Waals surface area contributed by atoms with Crippen molar-refractivity contribution in [2.75, 3.05) is 14.2 Å². The maximum atomic E-state index is 11.4. The summed E-state index contributed by atoms with van der Waals surface area (Å²) in [6, 6.07) is 3.05. The molecule has 1 aromatic carbocycles. The molecule has 0 saturated carbocycles. The van der Waals surface area contributed by atoms with Crippen molar-refractivity contribution in [3.63, 3.8) is 0 Å². The molecule has 0 N–H and O–H groups in total. The average Bonchev–Trinajstić information content (AvgIpc) is 2.69. The molecule has 5 nitrogen and oxygen atoms in total. The van der Waals surface area contributed by atoms with Crippen LogP contribution in [0.3, 0.4) is 0 Å². The summed E-state index contributed by atoms with van der Waals surface area (Å²) in [6.07, 6.45) is 0. The van der Waals surface area contributed by atoms with Gasteiger partial charge in [-0.2, -0.15) is 0 Å². The third kappa shape index (κ3) is 1.50. The van der Waals surface area contributed by atoms with E-state index in [0.29, 0.717) is 22.4 Å². The molecular weight excluding hydrogens is 212 g/mol. The highest BCUT2D eigenvalue weighted by Crippen LogP contribution is 2.30. The van der Waals surface area contributed by atoms with Gasteiger partial charge in [-0.1, -0.05) is 0 Å². The van der Waals surface area contributed by atoms with Crippen molar-refractivity contribution in [1.29, 1.82) is 0 Å². The van der Waals surface area contributed by atoms with Crippen molar-refractivity contribution in [3.05, 3.63) is 28.8 Å². The van der Waals surface area contributed by atoms with Gasteiger partial charge in [0.15, 0.2) is 0 Å². The number of methoxy groups -OCH3 is 2. The molecule has 5 heteroatoms. The van der Waals surface area contributed by atoms with E-state index in [2.05, 4.69) is 4.74 Å². The monoisotopic (exact) mass is 222 g/mol. The second kappa shape index (κ2) is 3.84. The first-order chi connectivity index (χ1) is 7.67. The smallest absolute Gasteiger partial charge is 0.342 e. The molecule has 0 aromatic heterocycles. The highest BCUT2D eigenvalue weighted by molar-refractivity contribution is 5.99. The third-order valence-corrected chi connectivity index (χ3v) is 2.39. The van der Waals surface area contributed by atoms with Crippen molar-refractivity contribution in [2.24, 2.45) is 0 Å². The minimum Gasteiger partial charge on any atom is -0.496 e. The number of esters is 2. The molecule has 0 saturated heterocycles. The molecule has 1 aliphatic rings. The van der Waals surface area contributed by atoms with Crippen LogP contribution in [-0.4, -0.2) is 26.2 Å². The molecule has 0 amide bonds. The average molecular weight is 222 g/mol. The summed E-state index contributed by atoms with van der Waals surface area (Å²) in [7, 11) is 2.73. The van der Waals surface area contributed by atoms with Crippen LogP contribution < -0.4 is 4.74 Å². The number of carbonyl (C=O) groups excluding carboxylic acids is 2. The molecule has 16 heavy (non-hydrogen) atoms. The Morgan fingerprint density at radius 1 is 1.38 bits per heavy atom. The Balaban J connectivity index is 2.55. The number of carbonyl (C=O) groups is 2. The first-order valence-corrected chi connectivity index (χ1v) is 4.63. The lowest BCUT2D eigenvalue weighted by atomic mass is 10.0. The maximum absolute atomic E-state index is 11.4. The summed E-state index contributed by atoms with van der Waals surface area (Å²) >= 11 is 0. The van der Waals surface area contributed by atoms with Gasteiger partial charge in [0.1, 0.15) is 17.9 Å². The molecule has 1 heterocycles. The molecule has 1 aromatic rings. The number of benzene rings is 1. The van der Waals surface area contributed by atoms with Gasteiger partial charge in [-0.05, 0) is 12.1 Å². The summed E-state index contributed by atoms with van der Waals surface area (Å²) in [5, 5.41) is 0. The van der Waals surface area contributed by atoms with Gasteiger partial charge in [0.05, 0.1) is 19.8 Å². The molecule has 0 bridgehead atoms. The van der Waals surface area contributed by atoms with Crippen LogP contribution in [0.15, 0.2) is 12.1 Å². The Morgan fingerprint density at radius 3 is 2.75 bits per heavy atom. The second-order valence-corrected chi connectivity index (χ2v) is 3.28. The number of ether oxygens (including phenoxy) is 3. The Kier molecular flexibility index (Phi) is 2.52. The lowest BCUT2D eigenvalue weighted by molar-refractivity contribution is 0.0532. The summed E-state index contributed by atoms with van der Waals surface area (Å²) < 4.78 is 14.5. The van der Waals surface area contributed by atoms with Crippen LogP contribution in [0.1, 0.15) is 26.3 Å². The molecular formula is C11H10O5. The van der Waals surface area contributed by atoms with Crippen LogP contribution in [0, 0.1) is 0 Å². The zero-order valence-electron chi connectivity index (χ0n) is 8.90. The van der Waals surface area contributed by atoms with Crippen molar-refractivity contribution in [1.82, 2.24) is 0 Å². The molecule has 84 valence electrons. The SMILES string of the molecule is COC(=O)c1cc2c(c(OC)c1)C(=O)OC2. The molecule has 0 aliphatic carbocycles. The largest absolute Gasteiger partial charge is 0.496 e. The second-order valence-electron chi connectivity index (χ2n) is 3.28. The van der Waals surface area contributed by atoms with Gasteiger partial charge in [0.25, 0.3) is 0 Å². The molecule has 0 atom stereocenters. The summed E-state index contributed by atoms with van der Waals surface area (Å²) in [5.74, 6) is -0.566. The van der Waals surface area contributed by atoms with Crippen LogP contribution in [0.2, 0.25) is 0 Å². The number of cyclic esters (lactones) is 1. The summed E-state index contributed by atoms with van der Waals surface area (Å²) in [6.45, 7) is 0.162. The molecule has 0 unspecified atom stereocenters. The fraction of sp³-hybridized carbons (Fsp3) is 0.273.